The van der Waals surface area contributed by atoms with Gasteiger partial charge >= 0.3 is 0 Å². The molecule has 0 spiro atoms. The molecule has 3 rings (SSSR count). The minimum atomic E-state index is -0.265. The zero-order chi connectivity index (χ0) is 21.3. The van der Waals surface area contributed by atoms with Gasteiger partial charge in [0.2, 0.25) is 0 Å². The lowest BCUT2D eigenvalue weighted by Crippen LogP contribution is -2.38. The zero-order valence-electron chi connectivity index (χ0n) is 17.5. The summed E-state index contributed by atoms with van der Waals surface area (Å²) in [5.41, 5.74) is 2.00. The molecule has 0 amide bonds. The van der Waals surface area contributed by atoms with Crippen molar-refractivity contribution >= 4 is 5.96 Å². The smallest absolute Gasteiger partial charge is 0.191 e. The van der Waals surface area contributed by atoms with E-state index in [9.17, 15) is 4.39 Å². The Hall–Kier alpha value is -3.42. The van der Waals surface area contributed by atoms with Crippen LogP contribution in [0.5, 0.6) is 5.75 Å². The summed E-state index contributed by atoms with van der Waals surface area (Å²) in [6.07, 6.45) is 0.827. The number of aliphatic imine (C=N–C) groups is 1. The van der Waals surface area contributed by atoms with Crippen LogP contribution in [0, 0.1) is 12.7 Å². The molecule has 7 nitrogen and oxygen atoms in total. The number of rotatable bonds is 8. The number of methoxy groups -OCH3 is 1. The average molecular weight is 410 g/mol. The first kappa shape index (κ1) is 21.3. The summed E-state index contributed by atoms with van der Waals surface area (Å²) in [4.78, 5) is 4.60. The Bertz CT molecular complexity index is 984. The van der Waals surface area contributed by atoms with E-state index >= 15 is 0 Å². The standard InChI is InChI=1S/C22H27FN6O/c1-16-27-28-21(29(16)2)15-26-22(25-14-18-5-4-6-19(23)13-18)24-12-11-17-7-9-20(30-3)10-8-17/h4-10,13H,11-12,14-15H2,1-3H3,(H2,24,25,26). The fourth-order valence-corrected chi connectivity index (χ4v) is 2.87. The Labute approximate surface area is 176 Å². The monoisotopic (exact) mass is 410 g/mol. The fraction of sp³-hybridized carbons (Fsp3) is 0.318. The third-order valence-corrected chi connectivity index (χ3v) is 4.77. The van der Waals surface area contributed by atoms with E-state index in [1.807, 2.05) is 48.9 Å². The Morgan fingerprint density at radius 3 is 2.57 bits per heavy atom. The molecule has 0 saturated heterocycles. The summed E-state index contributed by atoms with van der Waals surface area (Å²) in [7, 11) is 3.58. The van der Waals surface area contributed by atoms with E-state index in [1.165, 1.54) is 17.7 Å². The van der Waals surface area contributed by atoms with Crippen LogP contribution in [0.2, 0.25) is 0 Å². The van der Waals surface area contributed by atoms with E-state index in [1.54, 1.807) is 13.2 Å². The van der Waals surface area contributed by atoms with Gasteiger partial charge in [-0.1, -0.05) is 24.3 Å². The molecule has 2 aromatic carbocycles. The highest BCUT2D eigenvalue weighted by Gasteiger charge is 2.07. The van der Waals surface area contributed by atoms with Gasteiger partial charge in [-0.15, -0.1) is 10.2 Å². The molecular formula is C22H27FN6O. The number of hydrogen-bond acceptors (Lipinski definition) is 4. The van der Waals surface area contributed by atoms with E-state index in [2.05, 4.69) is 25.8 Å². The Balaban J connectivity index is 1.62. The van der Waals surface area contributed by atoms with Gasteiger partial charge in [0.05, 0.1) is 20.2 Å². The van der Waals surface area contributed by atoms with Crippen molar-refractivity contribution in [2.24, 2.45) is 12.0 Å². The first-order chi connectivity index (χ1) is 14.5. The minimum Gasteiger partial charge on any atom is -0.497 e. The highest BCUT2D eigenvalue weighted by atomic mass is 19.1. The van der Waals surface area contributed by atoms with Crippen LogP contribution in [0.4, 0.5) is 4.39 Å². The molecule has 0 bridgehead atoms. The maximum atomic E-state index is 13.4. The van der Waals surface area contributed by atoms with Crippen molar-refractivity contribution < 1.29 is 9.13 Å². The van der Waals surface area contributed by atoms with Crippen LogP contribution >= 0.6 is 0 Å². The van der Waals surface area contributed by atoms with Crippen LogP contribution in [0.25, 0.3) is 0 Å². The van der Waals surface area contributed by atoms with Gasteiger partial charge in [0, 0.05) is 13.6 Å². The van der Waals surface area contributed by atoms with E-state index in [0.717, 1.165) is 29.4 Å². The topological polar surface area (TPSA) is 76.4 Å². The molecule has 0 aliphatic heterocycles. The molecule has 0 atom stereocenters. The third-order valence-electron chi connectivity index (χ3n) is 4.77. The van der Waals surface area contributed by atoms with E-state index in [-0.39, 0.29) is 5.82 Å². The second-order valence-electron chi connectivity index (χ2n) is 6.90. The van der Waals surface area contributed by atoms with Crippen molar-refractivity contribution in [3.63, 3.8) is 0 Å². The van der Waals surface area contributed by atoms with Crippen molar-refractivity contribution in [2.45, 2.75) is 26.4 Å². The quantitative estimate of drug-likeness (QED) is 0.441. The number of halogens is 1. The fourth-order valence-electron chi connectivity index (χ4n) is 2.87. The van der Waals surface area contributed by atoms with Crippen molar-refractivity contribution in [2.75, 3.05) is 13.7 Å². The van der Waals surface area contributed by atoms with Gasteiger partial charge in [-0.25, -0.2) is 9.38 Å². The number of nitrogens with zero attached hydrogens (tertiary/aromatic N) is 4. The van der Waals surface area contributed by atoms with E-state index in [4.69, 9.17) is 4.74 Å². The van der Waals surface area contributed by atoms with Gasteiger partial charge in [-0.3, -0.25) is 0 Å². The number of aryl methyl sites for hydroxylation is 1. The zero-order valence-corrected chi connectivity index (χ0v) is 17.5. The number of aromatic nitrogens is 3. The lowest BCUT2D eigenvalue weighted by atomic mass is 10.1. The molecule has 1 aromatic heterocycles. The summed E-state index contributed by atoms with van der Waals surface area (Å²) in [5.74, 6) is 2.86. The van der Waals surface area contributed by atoms with Gasteiger partial charge in [-0.05, 0) is 48.7 Å². The Morgan fingerprint density at radius 1 is 1.10 bits per heavy atom. The molecule has 2 N–H and O–H groups in total. The van der Waals surface area contributed by atoms with Gasteiger partial charge in [0.15, 0.2) is 11.8 Å². The molecule has 0 aliphatic rings. The van der Waals surface area contributed by atoms with Gasteiger partial charge in [-0.2, -0.15) is 0 Å². The summed E-state index contributed by atoms with van der Waals surface area (Å²) in [5, 5.41) is 14.9. The average Bonchev–Trinajstić information content (AvgIpc) is 3.08. The molecule has 0 unspecified atom stereocenters. The van der Waals surface area contributed by atoms with Crippen LogP contribution in [0.1, 0.15) is 22.8 Å². The first-order valence-electron chi connectivity index (χ1n) is 9.79. The highest BCUT2D eigenvalue weighted by Crippen LogP contribution is 2.11. The minimum absolute atomic E-state index is 0.265. The predicted octanol–water partition coefficient (Wildman–Crippen LogP) is 2.75. The van der Waals surface area contributed by atoms with Crippen LogP contribution in [-0.4, -0.2) is 34.4 Å². The Morgan fingerprint density at radius 2 is 1.90 bits per heavy atom. The van der Waals surface area contributed by atoms with Crippen molar-refractivity contribution in [3.05, 3.63) is 77.1 Å². The van der Waals surface area contributed by atoms with Crippen LogP contribution in [0.3, 0.4) is 0 Å². The van der Waals surface area contributed by atoms with Crippen molar-refractivity contribution in [1.82, 2.24) is 25.4 Å². The van der Waals surface area contributed by atoms with Crippen LogP contribution in [0.15, 0.2) is 53.5 Å². The summed E-state index contributed by atoms with van der Waals surface area (Å²) < 4.78 is 20.6. The maximum Gasteiger partial charge on any atom is 0.191 e. The molecular weight excluding hydrogens is 383 g/mol. The normalized spacial score (nSPS) is 11.4. The van der Waals surface area contributed by atoms with Gasteiger partial charge < -0.3 is 19.9 Å². The molecule has 0 saturated carbocycles. The number of benzene rings is 2. The molecule has 0 radical (unpaired) electrons. The molecule has 3 aromatic rings. The van der Waals surface area contributed by atoms with Crippen LogP contribution < -0.4 is 15.4 Å². The first-order valence-corrected chi connectivity index (χ1v) is 9.79. The third kappa shape index (κ3) is 6.04. The molecule has 0 fully saturated rings. The number of ether oxygens (including phenoxy) is 1. The molecule has 0 aliphatic carbocycles. The van der Waals surface area contributed by atoms with Crippen molar-refractivity contribution in [1.29, 1.82) is 0 Å². The molecule has 30 heavy (non-hydrogen) atoms. The van der Waals surface area contributed by atoms with Crippen molar-refractivity contribution in [3.8, 4) is 5.75 Å². The molecule has 1 heterocycles. The SMILES string of the molecule is COc1ccc(CCNC(=NCc2cccc(F)c2)NCc2nnc(C)n2C)cc1. The largest absolute Gasteiger partial charge is 0.497 e. The second kappa shape index (κ2) is 10.4. The van der Waals surface area contributed by atoms with Gasteiger partial charge in [0.25, 0.3) is 0 Å². The second-order valence-corrected chi connectivity index (χ2v) is 6.90. The number of nitrogens with one attached hydrogen (secondary N) is 2. The lowest BCUT2D eigenvalue weighted by Gasteiger charge is -2.13. The highest BCUT2D eigenvalue weighted by molar-refractivity contribution is 5.79. The van der Waals surface area contributed by atoms with Gasteiger partial charge in [0.1, 0.15) is 17.4 Å². The Kier molecular flexibility index (Phi) is 7.37. The maximum absolute atomic E-state index is 13.4. The molecule has 158 valence electrons. The predicted molar refractivity (Wildman–Crippen MR) is 115 cm³/mol. The summed E-state index contributed by atoms with van der Waals surface area (Å²) in [6.45, 7) is 3.45. The summed E-state index contributed by atoms with van der Waals surface area (Å²) in [6, 6.07) is 14.4. The summed E-state index contributed by atoms with van der Waals surface area (Å²) >= 11 is 0. The molecule has 8 heteroatoms. The van der Waals surface area contributed by atoms with E-state index in [0.29, 0.717) is 25.6 Å². The number of hydrogen-bond donors (Lipinski definition) is 2. The van der Waals surface area contributed by atoms with Crippen LogP contribution in [-0.2, 0) is 26.6 Å². The van der Waals surface area contributed by atoms with E-state index < -0.39 is 0 Å². The number of guanidine groups is 1. The lowest BCUT2D eigenvalue weighted by molar-refractivity contribution is 0.414.